The van der Waals surface area contributed by atoms with Crippen LogP contribution in [-0.2, 0) is 4.79 Å². The van der Waals surface area contributed by atoms with Gasteiger partial charge in [0.25, 0.3) is 0 Å². The average molecular weight is 243 g/mol. The smallest absolute Gasteiger partial charge is 0.211 e. The standard InChI is InChI=1S/C12H9N3OS/c16-7-13-8-3-4-9-10(6-8)15-12(14-9)11-2-1-5-17-11/h1-7H,(H,13,16)(H,14,15). The van der Waals surface area contributed by atoms with Gasteiger partial charge in [0.15, 0.2) is 0 Å². The number of carbonyl (C=O) groups excluding carboxylic acids is 1. The molecular formula is C12H9N3OS. The molecule has 0 fully saturated rings. The summed E-state index contributed by atoms with van der Waals surface area (Å²) in [4.78, 5) is 19.2. The Bertz CT molecular complexity index is 658. The Kier molecular flexibility index (Phi) is 2.38. The van der Waals surface area contributed by atoms with Crippen LogP contribution >= 0.6 is 11.3 Å². The number of thiophene rings is 1. The summed E-state index contributed by atoms with van der Waals surface area (Å²) in [5.41, 5.74) is 2.57. The number of carbonyl (C=O) groups is 1. The van der Waals surface area contributed by atoms with Gasteiger partial charge in [-0.25, -0.2) is 4.98 Å². The number of aromatic nitrogens is 2. The lowest BCUT2D eigenvalue weighted by molar-refractivity contribution is -0.105. The number of benzene rings is 1. The molecule has 0 aliphatic rings. The van der Waals surface area contributed by atoms with Crippen molar-refractivity contribution in [2.75, 3.05) is 5.32 Å². The SMILES string of the molecule is O=CNc1ccc2nc(-c3cccs3)[nH]c2c1. The van der Waals surface area contributed by atoms with Crippen molar-refractivity contribution < 1.29 is 4.79 Å². The Hall–Kier alpha value is -2.14. The van der Waals surface area contributed by atoms with E-state index in [9.17, 15) is 4.79 Å². The molecule has 3 rings (SSSR count). The van der Waals surface area contributed by atoms with E-state index in [2.05, 4.69) is 15.3 Å². The highest BCUT2D eigenvalue weighted by Gasteiger charge is 2.06. The molecule has 17 heavy (non-hydrogen) atoms. The van der Waals surface area contributed by atoms with Crippen molar-refractivity contribution in [3.05, 3.63) is 35.7 Å². The van der Waals surface area contributed by atoms with E-state index in [0.717, 1.165) is 27.4 Å². The molecule has 2 aromatic heterocycles. The van der Waals surface area contributed by atoms with Crippen LogP contribution in [0.5, 0.6) is 0 Å². The van der Waals surface area contributed by atoms with Crippen LogP contribution in [0.15, 0.2) is 35.7 Å². The van der Waals surface area contributed by atoms with Crippen LogP contribution in [-0.4, -0.2) is 16.4 Å². The van der Waals surface area contributed by atoms with Gasteiger partial charge in [0.1, 0.15) is 5.82 Å². The van der Waals surface area contributed by atoms with Gasteiger partial charge in [-0.3, -0.25) is 4.79 Å². The van der Waals surface area contributed by atoms with Gasteiger partial charge < -0.3 is 10.3 Å². The lowest BCUT2D eigenvalue weighted by Gasteiger charge is -1.96. The van der Waals surface area contributed by atoms with E-state index in [1.165, 1.54) is 0 Å². The van der Waals surface area contributed by atoms with Gasteiger partial charge >= 0.3 is 0 Å². The monoisotopic (exact) mass is 243 g/mol. The molecule has 0 saturated carbocycles. The molecule has 0 radical (unpaired) electrons. The predicted molar refractivity (Wildman–Crippen MR) is 69.1 cm³/mol. The molecule has 3 aromatic rings. The molecule has 0 saturated heterocycles. The van der Waals surface area contributed by atoms with Gasteiger partial charge in [-0.05, 0) is 29.6 Å². The third-order valence-corrected chi connectivity index (χ3v) is 3.34. The van der Waals surface area contributed by atoms with E-state index in [0.29, 0.717) is 6.41 Å². The number of rotatable bonds is 3. The Morgan fingerprint density at radius 1 is 1.35 bits per heavy atom. The number of fused-ring (bicyclic) bond motifs is 1. The zero-order valence-corrected chi connectivity index (χ0v) is 9.62. The van der Waals surface area contributed by atoms with Crippen LogP contribution in [0.2, 0.25) is 0 Å². The maximum atomic E-state index is 10.4. The summed E-state index contributed by atoms with van der Waals surface area (Å²) >= 11 is 1.64. The summed E-state index contributed by atoms with van der Waals surface area (Å²) in [5, 5.41) is 4.63. The maximum absolute atomic E-state index is 10.4. The van der Waals surface area contributed by atoms with Crippen LogP contribution < -0.4 is 5.32 Å². The topological polar surface area (TPSA) is 57.8 Å². The van der Waals surface area contributed by atoms with E-state index in [4.69, 9.17) is 0 Å². The quantitative estimate of drug-likeness (QED) is 0.695. The van der Waals surface area contributed by atoms with Crippen molar-refractivity contribution in [2.45, 2.75) is 0 Å². The summed E-state index contributed by atoms with van der Waals surface area (Å²) in [6.45, 7) is 0. The first-order valence-electron chi connectivity index (χ1n) is 5.10. The number of aromatic amines is 1. The van der Waals surface area contributed by atoms with E-state index in [-0.39, 0.29) is 0 Å². The number of anilines is 1. The third-order valence-electron chi connectivity index (χ3n) is 2.46. The van der Waals surface area contributed by atoms with Crippen molar-refractivity contribution in [2.24, 2.45) is 0 Å². The second kappa shape index (κ2) is 4.03. The predicted octanol–water partition coefficient (Wildman–Crippen LogP) is 2.86. The van der Waals surface area contributed by atoms with E-state index in [1.54, 1.807) is 11.3 Å². The van der Waals surface area contributed by atoms with Gasteiger partial charge in [0, 0.05) is 5.69 Å². The van der Waals surface area contributed by atoms with Gasteiger partial charge in [-0.1, -0.05) is 6.07 Å². The molecule has 1 amide bonds. The molecule has 0 atom stereocenters. The highest BCUT2D eigenvalue weighted by atomic mass is 32.1. The van der Waals surface area contributed by atoms with Crippen molar-refractivity contribution in [1.82, 2.24) is 9.97 Å². The summed E-state index contributed by atoms with van der Waals surface area (Å²) in [5.74, 6) is 0.859. The van der Waals surface area contributed by atoms with E-state index < -0.39 is 0 Å². The zero-order chi connectivity index (χ0) is 11.7. The van der Waals surface area contributed by atoms with Crippen LogP contribution in [0.25, 0.3) is 21.7 Å². The number of imidazole rings is 1. The largest absolute Gasteiger partial charge is 0.337 e. The molecule has 0 spiro atoms. The van der Waals surface area contributed by atoms with Crippen LogP contribution in [0, 0.1) is 0 Å². The maximum Gasteiger partial charge on any atom is 0.211 e. The number of amides is 1. The van der Waals surface area contributed by atoms with Crippen LogP contribution in [0.4, 0.5) is 5.69 Å². The Labute approximate surface area is 101 Å². The van der Waals surface area contributed by atoms with Crippen molar-refractivity contribution in [3.8, 4) is 10.7 Å². The molecule has 2 heterocycles. The molecule has 4 nitrogen and oxygen atoms in total. The molecule has 0 unspecified atom stereocenters. The summed E-state index contributed by atoms with van der Waals surface area (Å²) in [7, 11) is 0. The van der Waals surface area contributed by atoms with Crippen LogP contribution in [0.1, 0.15) is 0 Å². The van der Waals surface area contributed by atoms with Gasteiger partial charge in [-0.15, -0.1) is 11.3 Å². The zero-order valence-electron chi connectivity index (χ0n) is 8.81. The number of nitrogens with zero attached hydrogens (tertiary/aromatic N) is 1. The fourth-order valence-electron chi connectivity index (χ4n) is 1.70. The Morgan fingerprint density at radius 2 is 2.29 bits per heavy atom. The second-order valence-corrected chi connectivity index (χ2v) is 4.50. The summed E-state index contributed by atoms with van der Waals surface area (Å²) in [6.07, 6.45) is 0.664. The molecule has 2 N–H and O–H groups in total. The molecule has 0 bridgehead atoms. The first-order valence-corrected chi connectivity index (χ1v) is 5.98. The lowest BCUT2D eigenvalue weighted by Crippen LogP contribution is -1.92. The van der Waals surface area contributed by atoms with Gasteiger partial charge in [0.05, 0.1) is 15.9 Å². The Morgan fingerprint density at radius 3 is 3.06 bits per heavy atom. The number of hydrogen-bond acceptors (Lipinski definition) is 3. The minimum Gasteiger partial charge on any atom is -0.337 e. The number of hydrogen-bond donors (Lipinski definition) is 2. The molecule has 0 aliphatic carbocycles. The van der Waals surface area contributed by atoms with Crippen molar-refractivity contribution >= 4 is 34.5 Å². The van der Waals surface area contributed by atoms with Gasteiger partial charge in [0.2, 0.25) is 6.41 Å². The highest BCUT2D eigenvalue weighted by Crippen LogP contribution is 2.25. The Balaban J connectivity index is 2.09. The summed E-state index contributed by atoms with van der Waals surface area (Å²) < 4.78 is 0. The minimum atomic E-state index is 0.664. The normalized spacial score (nSPS) is 10.6. The molecule has 0 aliphatic heterocycles. The second-order valence-electron chi connectivity index (χ2n) is 3.56. The third kappa shape index (κ3) is 1.81. The first-order chi connectivity index (χ1) is 8.36. The summed E-state index contributed by atoms with van der Waals surface area (Å²) in [6, 6.07) is 9.60. The molecule has 84 valence electrons. The molecule has 5 heteroatoms. The fraction of sp³-hybridized carbons (Fsp3) is 0. The minimum absolute atomic E-state index is 0.664. The van der Waals surface area contributed by atoms with Crippen molar-refractivity contribution in [3.63, 3.8) is 0 Å². The van der Waals surface area contributed by atoms with E-state index in [1.807, 2.05) is 35.7 Å². The van der Waals surface area contributed by atoms with Crippen LogP contribution in [0.3, 0.4) is 0 Å². The number of nitrogens with one attached hydrogen (secondary N) is 2. The first kappa shape index (κ1) is 10.0. The van der Waals surface area contributed by atoms with Gasteiger partial charge in [-0.2, -0.15) is 0 Å². The fourth-order valence-corrected chi connectivity index (χ4v) is 2.37. The highest BCUT2D eigenvalue weighted by molar-refractivity contribution is 7.13. The van der Waals surface area contributed by atoms with Crippen molar-refractivity contribution in [1.29, 1.82) is 0 Å². The van der Waals surface area contributed by atoms with E-state index >= 15 is 0 Å². The number of H-pyrrole nitrogens is 1. The lowest BCUT2D eigenvalue weighted by atomic mass is 10.3. The average Bonchev–Trinajstić information content (AvgIpc) is 2.97. The molecular weight excluding hydrogens is 234 g/mol. The molecule has 1 aromatic carbocycles.